The van der Waals surface area contributed by atoms with Gasteiger partial charge in [-0.25, -0.2) is 0 Å². The first-order chi connectivity index (χ1) is 8.93. The van der Waals surface area contributed by atoms with Crippen LogP contribution in [0.5, 0.6) is 5.75 Å². The van der Waals surface area contributed by atoms with Crippen LogP contribution in [-0.2, 0) is 0 Å². The maximum absolute atomic E-state index is 6.70. The van der Waals surface area contributed by atoms with Crippen LogP contribution in [0.2, 0.25) is 37.8 Å². The van der Waals surface area contributed by atoms with Gasteiger partial charge in [0, 0.05) is 17.8 Å². The molecule has 2 aromatic heterocycles. The molecule has 0 saturated heterocycles. The second-order valence-corrected chi connectivity index (χ2v) is 18.8. The molecule has 0 radical (unpaired) electrons. The molecule has 0 spiro atoms. The van der Waals surface area contributed by atoms with Crippen molar-refractivity contribution < 1.29 is 4.43 Å². The number of nitrogens with zero attached hydrogens (tertiary/aromatic N) is 1. The first-order valence-corrected chi connectivity index (χ1v) is 14.5. The molecule has 0 aliphatic carbocycles. The second-order valence-electron chi connectivity index (χ2n) is 8.10. The van der Waals surface area contributed by atoms with Crippen LogP contribution in [0, 0.1) is 0 Å². The fourth-order valence-corrected chi connectivity index (χ4v) is 5.40. The Morgan fingerprint density at radius 1 is 1.10 bits per heavy atom. The molecule has 112 valence electrons. The van der Waals surface area contributed by atoms with Crippen LogP contribution in [0.15, 0.2) is 17.8 Å². The SMILES string of the molecule is CC(C)(C)[Si](C)(C)Oc1c([Si](C)(C)C)cn2ccsc12. The predicted octanol–water partition coefficient (Wildman–Crippen LogP) is 4.93. The van der Waals surface area contributed by atoms with Gasteiger partial charge in [0.25, 0.3) is 8.32 Å². The molecule has 5 heteroatoms. The van der Waals surface area contributed by atoms with E-state index in [2.05, 4.69) is 75.7 Å². The van der Waals surface area contributed by atoms with E-state index in [9.17, 15) is 0 Å². The molecule has 0 aromatic carbocycles. The second kappa shape index (κ2) is 4.75. The van der Waals surface area contributed by atoms with Crippen LogP contribution in [0.3, 0.4) is 0 Å². The zero-order chi connectivity index (χ0) is 15.3. The van der Waals surface area contributed by atoms with E-state index in [0.717, 1.165) is 0 Å². The maximum Gasteiger partial charge on any atom is 0.250 e. The van der Waals surface area contributed by atoms with Crippen LogP contribution >= 0.6 is 11.3 Å². The van der Waals surface area contributed by atoms with E-state index in [1.165, 1.54) is 15.8 Å². The molecule has 0 aliphatic rings. The van der Waals surface area contributed by atoms with Crippen molar-refractivity contribution in [2.45, 2.75) is 58.5 Å². The largest absolute Gasteiger partial charge is 0.542 e. The van der Waals surface area contributed by atoms with E-state index in [0.29, 0.717) is 0 Å². The average Bonchev–Trinajstić information content (AvgIpc) is 2.77. The summed E-state index contributed by atoms with van der Waals surface area (Å²) in [4.78, 5) is 1.27. The molecule has 0 aliphatic heterocycles. The highest BCUT2D eigenvalue weighted by Gasteiger charge is 2.41. The normalized spacial score (nSPS) is 14.0. The quantitative estimate of drug-likeness (QED) is 0.730. The van der Waals surface area contributed by atoms with E-state index < -0.39 is 16.4 Å². The Labute approximate surface area is 128 Å². The Kier molecular flexibility index (Phi) is 3.76. The first kappa shape index (κ1) is 15.9. The van der Waals surface area contributed by atoms with Gasteiger partial charge < -0.3 is 8.83 Å². The fourth-order valence-electron chi connectivity index (χ4n) is 1.92. The lowest BCUT2D eigenvalue weighted by Crippen LogP contribution is -2.47. The molecular weight excluding hydrogens is 298 g/mol. The first-order valence-electron chi connectivity index (χ1n) is 7.21. The fraction of sp³-hybridized carbons (Fsp3) is 0.600. The van der Waals surface area contributed by atoms with Gasteiger partial charge in [0.15, 0.2) is 0 Å². The van der Waals surface area contributed by atoms with Crippen LogP contribution in [0.1, 0.15) is 20.8 Å². The molecule has 20 heavy (non-hydrogen) atoms. The Balaban J connectivity index is 2.55. The van der Waals surface area contributed by atoms with Gasteiger partial charge >= 0.3 is 0 Å². The number of aromatic nitrogens is 1. The van der Waals surface area contributed by atoms with Crippen LogP contribution in [-0.4, -0.2) is 20.8 Å². The Bertz CT molecular complexity index is 614. The smallest absolute Gasteiger partial charge is 0.250 e. The van der Waals surface area contributed by atoms with E-state index in [-0.39, 0.29) is 5.04 Å². The summed E-state index contributed by atoms with van der Waals surface area (Å²) in [6.07, 6.45) is 4.43. The number of hydrogen-bond acceptors (Lipinski definition) is 2. The van der Waals surface area contributed by atoms with Crippen LogP contribution < -0.4 is 9.61 Å². The number of thiazole rings is 1. The van der Waals surface area contributed by atoms with Crippen molar-refractivity contribution in [2.75, 3.05) is 0 Å². The molecule has 2 rings (SSSR count). The Morgan fingerprint density at radius 2 is 1.70 bits per heavy atom. The highest BCUT2D eigenvalue weighted by Crippen LogP contribution is 2.39. The maximum atomic E-state index is 6.70. The minimum atomic E-state index is -1.79. The van der Waals surface area contributed by atoms with Gasteiger partial charge in [0.05, 0.1) is 8.07 Å². The van der Waals surface area contributed by atoms with Crippen molar-refractivity contribution in [3.63, 3.8) is 0 Å². The molecule has 2 aromatic rings. The average molecular weight is 326 g/mol. The van der Waals surface area contributed by atoms with E-state index >= 15 is 0 Å². The third-order valence-electron chi connectivity index (χ3n) is 4.31. The van der Waals surface area contributed by atoms with Crippen molar-refractivity contribution in [3.05, 3.63) is 17.8 Å². The topological polar surface area (TPSA) is 13.6 Å². The number of fused-ring (bicyclic) bond motifs is 1. The zero-order valence-electron chi connectivity index (χ0n) is 14.0. The minimum absolute atomic E-state index is 0.231. The summed E-state index contributed by atoms with van der Waals surface area (Å²) in [6, 6.07) is 0. The van der Waals surface area contributed by atoms with Gasteiger partial charge in [-0.3, -0.25) is 0 Å². The minimum Gasteiger partial charge on any atom is -0.542 e. The third-order valence-corrected chi connectivity index (χ3v) is 11.5. The van der Waals surface area contributed by atoms with Gasteiger partial charge in [-0.05, 0) is 23.3 Å². The third kappa shape index (κ3) is 2.76. The predicted molar refractivity (Wildman–Crippen MR) is 96.1 cm³/mol. The van der Waals surface area contributed by atoms with Gasteiger partial charge in [0.1, 0.15) is 10.6 Å². The van der Waals surface area contributed by atoms with Crippen LogP contribution in [0.25, 0.3) is 4.83 Å². The monoisotopic (exact) mass is 325 g/mol. The molecule has 0 amide bonds. The summed E-state index contributed by atoms with van der Waals surface area (Å²) in [7, 11) is -3.20. The zero-order valence-corrected chi connectivity index (χ0v) is 16.8. The molecule has 0 saturated carbocycles. The molecule has 0 N–H and O–H groups in total. The molecule has 0 bridgehead atoms. The molecule has 0 atom stereocenters. The molecule has 0 fully saturated rings. The molecular formula is C15H27NOSSi2. The summed E-state index contributed by atoms with van der Waals surface area (Å²) in [5.74, 6) is 1.17. The van der Waals surface area contributed by atoms with Gasteiger partial charge in [-0.1, -0.05) is 40.4 Å². The lowest BCUT2D eigenvalue weighted by Gasteiger charge is -2.37. The van der Waals surface area contributed by atoms with E-state index in [1.807, 2.05) is 0 Å². The van der Waals surface area contributed by atoms with Gasteiger partial charge in [-0.2, -0.15) is 0 Å². The summed E-state index contributed by atoms with van der Waals surface area (Å²) >= 11 is 1.78. The summed E-state index contributed by atoms with van der Waals surface area (Å²) in [5, 5.41) is 3.83. The van der Waals surface area contributed by atoms with Crippen molar-refractivity contribution in [1.29, 1.82) is 0 Å². The molecule has 2 nitrogen and oxygen atoms in total. The highest BCUT2D eigenvalue weighted by atomic mass is 32.1. The summed E-state index contributed by atoms with van der Waals surface area (Å²) in [5.41, 5.74) is 0. The number of rotatable bonds is 3. The van der Waals surface area contributed by atoms with Gasteiger partial charge in [-0.15, -0.1) is 11.3 Å². The molecule has 0 unspecified atom stereocenters. The van der Waals surface area contributed by atoms with Crippen LogP contribution in [0.4, 0.5) is 0 Å². The van der Waals surface area contributed by atoms with Crippen molar-refractivity contribution in [3.8, 4) is 5.75 Å². The molecule has 2 heterocycles. The highest BCUT2D eigenvalue weighted by molar-refractivity contribution is 7.16. The van der Waals surface area contributed by atoms with Gasteiger partial charge in [0.2, 0.25) is 0 Å². The Morgan fingerprint density at radius 3 is 2.20 bits per heavy atom. The Hall–Kier alpha value is -0.526. The van der Waals surface area contributed by atoms with E-state index in [1.54, 1.807) is 11.3 Å². The van der Waals surface area contributed by atoms with Crippen molar-refractivity contribution in [2.24, 2.45) is 0 Å². The lowest BCUT2D eigenvalue weighted by atomic mass is 10.2. The standard InChI is InChI=1S/C15H27NOSSi2/c1-15(2,3)20(7,8)17-13-12(19(4,5)6)11-16-9-10-18-14(13)16/h9-11H,1-8H3. The number of hydrogen-bond donors (Lipinski definition) is 0. The lowest BCUT2D eigenvalue weighted by molar-refractivity contribution is 0.500. The summed E-state index contributed by atoms with van der Waals surface area (Å²) < 4.78 is 8.94. The van der Waals surface area contributed by atoms with Crippen molar-refractivity contribution in [1.82, 2.24) is 4.40 Å². The van der Waals surface area contributed by atoms with E-state index in [4.69, 9.17) is 4.43 Å². The summed E-state index contributed by atoms with van der Waals surface area (Å²) in [6.45, 7) is 18.7. The van der Waals surface area contributed by atoms with Crippen molar-refractivity contribution >= 4 is 37.7 Å².